The molecule has 3 atom stereocenters. The minimum absolute atomic E-state index is 0.0246. The molecule has 0 aliphatic carbocycles. The van der Waals surface area contributed by atoms with Gasteiger partial charge in [-0.2, -0.15) is 8.42 Å². The summed E-state index contributed by atoms with van der Waals surface area (Å²) in [6.07, 6.45) is 7.18. The van der Waals surface area contributed by atoms with Gasteiger partial charge < -0.3 is 5.73 Å². The molecule has 0 aromatic heterocycles. The van der Waals surface area contributed by atoms with Gasteiger partial charge in [-0.25, -0.2) is 0 Å². The van der Waals surface area contributed by atoms with Crippen LogP contribution in [0.4, 0.5) is 0 Å². The van der Waals surface area contributed by atoms with Gasteiger partial charge in [-0.05, 0) is 87.6 Å². The smallest absolute Gasteiger partial charge is 0.294 e. The van der Waals surface area contributed by atoms with Crippen molar-refractivity contribution in [2.45, 2.75) is 91.0 Å². The van der Waals surface area contributed by atoms with E-state index in [-0.39, 0.29) is 16.2 Å². The van der Waals surface area contributed by atoms with Crippen LogP contribution in [0.3, 0.4) is 0 Å². The Hall–Kier alpha value is -1.65. The summed E-state index contributed by atoms with van der Waals surface area (Å²) in [5.41, 5.74) is 12.9. The molecule has 0 aliphatic heterocycles. The van der Waals surface area contributed by atoms with Crippen molar-refractivity contribution in [3.05, 3.63) is 58.9 Å². The molecule has 0 bridgehead atoms. The molecule has 1 aromatic rings. The van der Waals surface area contributed by atoms with E-state index in [1.54, 1.807) is 12.1 Å². The van der Waals surface area contributed by atoms with Crippen LogP contribution in [0, 0.1) is 11.3 Å². The highest BCUT2D eigenvalue weighted by Gasteiger charge is 2.36. The molecule has 0 aliphatic rings. The Balaban J connectivity index is 3.21. The predicted octanol–water partition coefficient (Wildman–Crippen LogP) is 6.65. The summed E-state index contributed by atoms with van der Waals surface area (Å²) in [6, 6.07) is 6.39. The third-order valence-corrected chi connectivity index (χ3v) is 6.50. The molecule has 0 saturated heterocycles. The summed E-state index contributed by atoms with van der Waals surface area (Å²) in [5, 5.41) is 0. The fraction of sp³-hybridized carbons (Fsp3) is 0.577. The summed E-state index contributed by atoms with van der Waals surface area (Å²) in [7, 11) is -4.22. The Morgan fingerprint density at radius 2 is 1.68 bits per heavy atom. The Bertz CT molecular complexity index is 922. The fourth-order valence-electron chi connectivity index (χ4n) is 3.80. The lowest BCUT2D eigenvalue weighted by Gasteiger charge is -2.38. The van der Waals surface area contributed by atoms with Crippen LogP contribution in [0.15, 0.2) is 58.2 Å². The summed E-state index contributed by atoms with van der Waals surface area (Å²) >= 11 is 0. The summed E-state index contributed by atoms with van der Waals surface area (Å²) < 4.78 is 32.1. The monoisotopic (exact) mass is 447 g/mol. The lowest BCUT2D eigenvalue weighted by atomic mass is 9.69. The van der Waals surface area contributed by atoms with Crippen LogP contribution in [0.25, 0.3) is 0 Å². The Labute approximate surface area is 190 Å². The topological polar surface area (TPSA) is 80.4 Å². The molecule has 3 N–H and O–H groups in total. The van der Waals surface area contributed by atoms with Crippen molar-refractivity contribution in [1.29, 1.82) is 0 Å². The third-order valence-electron chi connectivity index (χ3n) is 5.63. The second kappa shape index (κ2) is 10.8. The van der Waals surface area contributed by atoms with Crippen LogP contribution in [0.5, 0.6) is 0 Å². The predicted molar refractivity (Wildman–Crippen MR) is 131 cm³/mol. The molecule has 0 heterocycles. The van der Waals surface area contributed by atoms with Gasteiger partial charge in [0, 0.05) is 11.5 Å². The van der Waals surface area contributed by atoms with Crippen molar-refractivity contribution in [2.24, 2.45) is 17.1 Å². The van der Waals surface area contributed by atoms with Gasteiger partial charge >= 0.3 is 0 Å². The molecular weight excluding hydrogens is 406 g/mol. The minimum atomic E-state index is -4.22. The van der Waals surface area contributed by atoms with E-state index < -0.39 is 15.7 Å². The van der Waals surface area contributed by atoms with Crippen molar-refractivity contribution < 1.29 is 13.0 Å². The van der Waals surface area contributed by atoms with E-state index in [9.17, 15) is 13.0 Å². The van der Waals surface area contributed by atoms with E-state index in [2.05, 4.69) is 59.4 Å². The number of benzene rings is 1. The molecule has 0 fully saturated rings. The van der Waals surface area contributed by atoms with Gasteiger partial charge in [-0.15, -0.1) is 5.73 Å². The molecule has 0 radical (unpaired) electrons. The molecule has 5 heteroatoms. The van der Waals surface area contributed by atoms with Gasteiger partial charge in [0.05, 0.1) is 4.90 Å². The van der Waals surface area contributed by atoms with Crippen LogP contribution < -0.4 is 5.73 Å². The van der Waals surface area contributed by atoms with Crippen molar-refractivity contribution in [3.8, 4) is 0 Å². The zero-order valence-corrected chi connectivity index (χ0v) is 21.3. The molecule has 1 rings (SSSR count). The first kappa shape index (κ1) is 27.4. The Morgan fingerprint density at radius 3 is 2.13 bits per heavy atom. The average Bonchev–Trinajstić information content (AvgIpc) is 2.61. The molecule has 0 spiro atoms. The van der Waals surface area contributed by atoms with Crippen molar-refractivity contribution >= 4 is 10.1 Å². The minimum Gasteiger partial charge on any atom is -0.321 e. The average molecular weight is 448 g/mol. The fourth-order valence-corrected chi connectivity index (χ4v) is 4.28. The normalized spacial score (nSPS) is 15.9. The molecule has 174 valence electrons. The third kappa shape index (κ3) is 9.16. The van der Waals surface area contributed by atoms with Gasteiger partial charge in [0.15, 0.2) is 0 Å². The largest absolute Gasteiger partial charge is 0.321 e. The van der Waals surface area contributed by atoms with Crippen LogP contribution >= 0.6 is 0 Å². The van der Waals surface area contributed by atoms with E-state index >= 15 is 0 Å². The second-order valence-electron chi connectivity index (χ2n) is 10.4. The Kier molecular flexibility index (Phi) is 9.52. The van der Waals surface area contributed by atoms with Crippen LogP contribution in [0.1, 0.15) is 86.1 Å². The van der Waals surface area contributed by atoms with Crippen molar-refractivity contribution in [3.63, 3.8) is 0 Å². The Morgan fingerprint density at radius 1 is 1.13 bits per heavy atom. The van der Waals surface area contributed by atoms with Crippen molar-refractivity contribution in [2.75, 3.05) is 0 Å². The van der Waals surface area contributed by atoms with E-state index in [0.717, 1.165) is 30.4 Å². The number of hydrogen-bond acceptors (Lipinski definition) is 3. The highest BCUT2D eigenvalue weighted by atomic mass is 32.2. The second-order valence-corrected chi connectivity index (χ2v) is 11.8. The van der Waals surface area contributed by atoms with Gasteiger partial charge in [-0.3, -0.25) is 4.55 Å². The maximum absolute atomic E-state index is 11.4. The van der Waals surface area contributed by atoms with Gasteiger partial charge in [0.25, 0.3) is 10.1 Å². The molecule has 0 amide bonds. The van der Waals surface area contributed by atoms with E-state index in [1.807, 2.05) is 13.8 Å². The molecule has 31 heavy (non-hydrogen) atoms. The lowest BCUT2D eigenvalue weighted by molar-refractivity contribution is 0.284. The first-order valence-electron chi connectivity index (χ1n) is 11.0. The van der Waals surface area contributed by atoms with Crippen LogP contribution in [0.2, 0.25) is 0 Å². The quantitative estimate of drug-likeness (QED) is 0.252. The number of rotatable bonds is 9. The standard InChI is InChI=1S/C26H41NO3S/c1-19(2)17-20(3)11-9-10-12-21(4)26(8,27)24(18-25(5,6)7)22-13-15-23(16-14-22)31(28,29)30/h10,13-17,20,24H,9,11,18,27H2,1-8H3,(H,28,29,30). The zero-order valence-electron chi connectivity index (χ0n) is 20.5. The summed E-state index contributed by atoms with van der Waals surface area (Å²) in [6.45, 7) is 17.0. The number of nitrogens with two attached hydrogens (primary N) is 1. The van der Waals surface area contributed by atoms with Gasteiger partial charge in [-0.1, -0.05) is 51.5 Å². The molecule has 4 nitrogen and oxygen atoms in total. The highest BCUT2D eigenvalue weighted by molar-refractivity contribution is 7.85. The summed E-state index contributed by atoms with van der Waals surface area (Å²) in [4.78, 5) is -0.109. The SMILES string of the molecule is CC(=C=CCCC(C)C=C(C)C)C(C)(N)C(CC(C)(C)C)c1ccc(S(=O)(=O)O)cc1. The van der Waals surface area contributed by atoms with E-state index in [0.29, 0.717) is 5.92 Å². The van der Waals surface area contributed by atoms with Gasteiger partial charge in [0.2, 0.25) is 0 Å². The highest BCUT2D eigenvalue weighted by Crippen LogP contribution is 2.40. The molecule has 1 aromatic carbocycles. The van der Waals surface area contributed by atoms with Crippen molar-refractivity contribution in [1.82, 2.24) is 0 Å². The molecular formula is C26H41NO3S. The molecule has 0 saturated carbocycles. The number of hydrogen-bond donors (Lipinski definition) is 2. The van der Waals surface area contributed by atoms with E-state index in [1.165, 1.54) is 17.7 Å². The van der Waals surface area contributed by atoms with Crippen LogP contribution in [-0.4, -0.2) is 18.5 Å². The maximum atomic E-state index is 11.4. The van der Waals surface area contributed by atoms with Crippen LogP contribution in [-0.2, 0) is 10.1 Å². The summed E-state index contributed by atoms with van der Waals surface area (Å²) in [5.74, 6) is 0.496. The lowest BCUT2D eigenvalue weighted by Crippen LogP contribution is -2.45. The first-order chi connectivity index (χ1) is 14.0. The first-order valence-corrected chi connectivity index (χ1v) is 12.4. The maximum Gasteiger partial charge on any atom is 0.294 e. The molecule has 3 unspecified atom stereocenters. The van der Waals surface area contributed by atoms with E-state index in [4.69, 9.17) is 5.73 Å². The number of allylic oxidation sites excluding steroid dienone is 2. The van der Waals surface area contributed by atoms with Gasteiger partial charge in [0.1, 0.15) is 0 Å². The zero-order chi connectivity index (χ0) is 24.0.